The van der Waals surface area contributed by atoms with Crippen LogP contribution in [0.4, 0.5) is 4.79 Å². The summed E-state index contributed by atoms with van der Waals surface area (Å²) in [6, 6.07) is 0. The van der Waals surface area contributed by atoms with Gasteiger partial charge in [-0.05, 0) is 0 Å². The van der Waals surface area contributed by atoms with Crippen molar-refractivity contribution in [3.8, 4) is 0 Å². The summed E-state index contributed by atoms with van der Waals surface area (Å²) in [5.74, 6) is 0. The quantitative estimate of drug-likeness (QED) is 0.672. The van der Waals surface area contributed by atoms with Gasteiger partial charge in [0.2, 0.25) is 0 Å². The van der Waals surface area contributed by atoms with Crippen LogP contribution in [0.15, 0.2) is 0 Å². The Morgan fingerprint density at radius 2 is 1.58 bits per heavy atom. The van der Waals surface area contributed by atoms with Gasteiger partial charge < -0.3 is 25.7 Å². The van der Waals surface area contributed by atoms with E-state index in [9.17, 15) is 4.79 Å². The number of carbonyl (C=O) groups is 1. The first-order valence-corrected chi connectivity index (χ1v) is 4.31. The molecule has 1 N–H and O–H groups in total. The fourth-order valence-electron chi connectivity index (χ4n) is 0.482. The molecule has 0 aromatic rings. The molecule has 0 fully saturated rings. The first-order chi connectivity index (χ1) is 5.10. The van der Waals surface area contributed by atoms with Crippen molar-refractivity contribution in [3.05, 3.63) is 0 Å². The fourth-order valence-corrected chi connectivity index (χ4v) is 1.45. The van der Waals surface area contributed by atoms with Crippen LogP contribution in [-0.4, -0.2) is 79.4 Å². The van der Waals surface area contributed by atoms with E-state index in [-0.39, 0.29) is 40.6 Å². The van der Waals surface area contributed by atoms with Gasteiger partial charge in [0.15, 0.2) is 0 Å². The molecule has 8 heteroatoms. The van der Waals surface area contributed by atoms with Crippen LogP contribution in [0.1, 0.15) is 2.85 Å². The molecule has 0 unspecified atom stereocenters. The molecule has 0 aliphatic heterocycles. The number of rotatable bonds is 4. The molecule has 0 heterocycles. The van der Waals surface area contributed by atoms with Crippen molar-refractivity contribution in [1.29, 1.82) is 0 Å². The molecule has 0 amide bonds. The predicted octanol–water partition coefficient (Wildman–Crippen LogP) is -0.100. The van der Waals surface area contributed by atoms with Crippen LogP contribution < -0.4 is 0 Å². The molecule has 0 bridgehead atoms. The van der Waals surface area contributed by atoms with Gasteiger partial charge in [-0.1, -0.05) is 0 Å². The van der Waals surface area contributed by atoms with Crippen molar-refractivity contribution in [3.63, 3.8) is 0 Å². The van der Waals surface area contributed by atoms with Gasteiger partial charge in [-0.25, -0.2) is 4.79 Å². The zero-order chi connectivity index (χ0) is 8.91. The van der Waals surface area contributed by atoms with Crippen molar-refractivity contribution in [1.82, 2.24) is 0 Å². The van der Waals surface area contributed by atoms with Gasteiger partial charge in [-0.3, -0.25) is 0 Å². The summed E-state index contributed by atoms with van der Waals surface area (Å²) in [7, 11) is 0.376. The fraction of sp³-hybridized carbons (Fsp3) is 0.750. The van der Waals surface area contributed by atoms with E-state index in [2.05, 4.69) is 17.7 Å². The molecule has 0 saturated heterocycles. The first kappa shape index (κ1) is 15.1. The summed E-state index contributed by atoms with van der Waals surface area (Å²) < 4.78 is 18.2. The molecule has 0 spiro atoms. The smallest absolute Gasteiger partial charge is 1.00 e. The van der Waals surface area contributed by atoms with Gasteiger partial charge in [-0.15, -0.1) is 0 Å². The number of hydrogen-bond acceptors (Lipinski definition) is 5. The molecule has 0 aliphatic carbocycles. The van der Waals surface area contributed by atoms with E-state index in [0.29, 0.717) is 0 Å². The van der Waals surface area contributed by atoms with Crippen molar-refractivity contribution < 1.29 is 30.5 Å². The van der Waals surface area contributed by atoms with Crippen molar-refractivity contribution in [2.24, 2.45) is 0 Å². The molecule has 0 saturated carbocycles. The zero-order valence-electron chi connectivity index (χ0n) is 9.20. The second-order valence-corrected chi connectivity index (χ2v) is 3.91. The van der Waals surface area contributed by atoms with Crippen LogP contribution in [0.3, 0.4) is 0 Å². The van der Waals surface area contributed by atoms with E-state index >= 15 is 0 Å². The third kappa shape index (κ3) is 4.60. The Morgan fingerprint density at radius 3 is 1.67 bits per heavy atom. The van der Waals surface area contributed by atoms with E-state index in [4.69, 9.17) is 5.11 Å². The largest absolute Gasteiger partial charge is 2.00 e. The van der Waals surface area contributed by atoms with Gasteiger partial charge in [0, 0.05) is 21.3 Å². The Kier molecular flexibility index (Phi) is 8.91. The van der Waals surface area contributed by atoms with Gasteiger partial charge in [0.1, 0.15) is 0 Å². The monoisotopic (exact) mass is 224 g/mol. The number of carboxylic acid groups (broad SMARTS) is 1. The topological polar surface area (TPSA) is 74.2 Å². The molecule has 0 atom stereocenters. The Bertz CT molecular complexity index is 138. The second-order valence-electron chi connectivity index (χ2n) is 1.48. The summed E-state index contributed by atoms with van der Waals surface area (Å²) >= 11 is 0. The van der Waals surface area contributed by atoms with E-state index < -0.39 is 15.2 Å². The van der Waals surface area contributed by atoms with Crippen LogP contribution in [0.2, 0.25) is 0 Å². The molecule has 0 aromatic carbocycles. The maximum absolute atomic E-state index is 10.1. The molecule has 0 aromatic heterocycles. The normalized spacial score (nSPS) is 10.2. The molecule has 0 radical (unpaired) electrons. The molecular formula is C4H12CaO6Si. The first-order valence-electron chi connectivity index (χ1n) is 2.67. The maximum atomic E-state index is 10.1. The minimum Gasteiger partial charge on any atom is -1.00 e. The summed E-state index contributed by atoms with van der Waals surface area (Å²) in [4.78, 5) is 10.1. The molecule has 12 heavy (non-hydrogen) atoms. The summed E-state index contributed by atoms with van der Waals surface area (Å²) in [5.41, 5.74) is 0. The van der Waals surface area contributed by atoms with E-state index in [0.717, 1.165) is 0 Å². The number of hydrogen-bond donors (Lipinski definition) is 1. The Hall–Kier alpha value is 0.627. The average Bonchev–Trinajstić information content (AvgIpc) is 2.00. The minimum atomic E-state index is -3.38. The summed E-state index contributed by atoms with van der Waals surface area (Å²) in [5, 5.41) is 8.21. The van der Waals surface area contributed by atoms with Crippen LogP contribution in [0.25, 0.3) is 0 Å². The van der Waals surface area contributed by atoms with Crippen LogP contribution in [0, 0.1) is 0 Å². The molecule has 70 valence electrons. The van der Waals surface area contributed by atoms with E-state index in [1.165, 1.54) is 21.3 Å². The predicted molar refractivity (Wildman–Crippen MR) is 43.9 cm³/mol. The van der Waals surface area contributed by atoms with Crippen LogP contribution >= 0.6 is 0 Å². The standard InChI is InChI=1S/C4H10O6Si.Ca.2H/c1-7-11(8-2,9-3)10-4(5)6;;;/h1-3H3,(H,5,6);;;/q;+2;2*-1. The van der Waals surface area contributed by atoms with Gasteiger partial charge >= 0.3 is 52.9 Å². The Balaban J connectivity index is -0.000000167. The average molecular weight is 224 g/mol. The van der Waals surface area contributed by atoms with Crippen molar-refractivity contribution >= 4 is 52.9 Å². The van der Waals surface area contributed by atoms with Gasteiger partial charge in [-0.2, -0.15) is 0 Å². The van der Waals surface area contributed by atoms with Gasteiger partial charge in [0.25, 0.3) is 0 Å². The molecule has 6 nitrogen and oxygen atoms in total. The maximum Gasteiger partial charge on any atom is 2.00 e. The second kappa shape index (κ2) is 7.07. The zero-order valence-corrected chi connectivity index (χ0v) is 10.4. The minimum absolute atomic E-state index is 0. The SMILES string of the molecule is CO[Si](OC)(OC)OC(=O)O.[Ca+2].[H-].[H-]. The van der Waals surface area contributed by atoms with Gasteiger partial charge in [0.05, 0.1) is 0 Å². The van der Waals surface area contributed by atoms with Crippen LogP contribution in [-0.2, 0) is 17.7 Å². The molecular weight excluding hydrogens is 212 g/mol. The Morgan fingerprint density at radius 1 is 1.25 bits per heavy atom. The Labute approximate surface area is 104 Å². The van der Waals surface area contributed by atoms with E-state index in [1.807, 2.05) is 0 Å². The third-order valence-corrected chi connectivity index (χ3v) is 2.89. The molecule has 0 rings (SSSR count). The third-order valence-electron chi connectivity index (χ3n) is 0.962. The van der Waals surface area contributed by atoms with Crippen molar-refractivity contribution in [2.75, 3.05) is 21.3 Å². The summed E-state index contributed by atoms with van der Waals surface area (Å²) in [6.07, 6.45) is -1.48. The molecule has 0 aliphatic rings. The summed E-state index contributed by atoms with van der Waals surface area (Å²) in [6.45, 7) is 0. The van der Waals surface area contributed by atoms with Crippen molar-refractivity contribution in [2.45, 2.75) is 0 Å². The van der Waals surface area contributed by atoms with E-state index in [1.54, 1.807) is 0 Å². The van der Waals surface area contributed by atoms with Crippen LogP contribution in [0.5, 0.6) is 0 Å².